The quantitative estimate of drug-likeness (QED) is 0.333. The molecular formula is C8H17NO5. The zero-order valence-electron chi connectivity index (χ0n) is 7.82. The molecule has 84 valence electrons. The van der Waals surface area contributed by atoms with Crippen molar-refractivity contribution in [3.8, 4) is 0 Å². The lowest BCUT2D eigenvalue weighted by Crippen LogP contribution is -2.62. The number of β-amino-alcohol motifs (C(OH)–C–C–N with tert-alkyl or cyclic N) is 2. The Morgan fingerprint density at radius 2 is 1.71 bits per heavy atom. The molecule has 1 heterocycles. The van der Waals surface area contributed by atoms with E-state index in [1.807, 2.05) is 0 Å². The highest BCUT2D eigenvalue weighted by atomic mass is 16.4. The Kier molecular flexibility index (Phi) is 4.24. The second-order valence-corrected chi connectivity index (χ2v) is 3.52. The van der Waals surface area contributed by atoms with Crippen molar-refractivity contribution < 1.29 is 25.5 Å². The fourth-order valence-electron chi connectivity index (χ4n) is 1.76. The third kappa shape index (κ3) is 2.22. The Hall–Kier alpha value is -0.240. The molecule has 6 heteroatoms. The van der Waals surface area contributed by atoms with Gasteiger partial charge in [-0.25, -0.2) is 0 Å². The summed E-state index contributed by atoms with van der Waals surface area (Å²) in [6.45, 7) is -0.0347. The molecule has 3 unspecified atom stereocenters. The lowest BCUT2D eigenvalue weighted by atomic mass is 9.94. The van der Waals surface area contributed by atoms with E-state index in [-0.39, 0.29) is 26.3 Å². The van der Waals surface area contributed by atoms with E-state index < -0.39 is 24.4 Å². The second kappa shape index (κ2) is 5.01. The van der Waals surface area contributed by atoms with E-state index in [1.165, 1.54) is 0 Å². The van der Waals surface area contributed by atoms with Crippen LogP contribution in [0.25, 0.3) is 0 Å². The molecule has 0 aromatic rings. The van der Waals surface area contributed by atoms with Gasteiger partial charge >= 0.3 is 0 Å². The first-order valence-electron chi connectivity index (χ1n) is 4.61. The van der Waals surface area contributed by atoms with Gasteiger partial charge in [-0.2, -0.15) is 0 Å². The molecule has 0 radical (unpaired) electrons. The van der Waals surface area contributed by atoms with Crippen molar-refractivity contribution in [1.29, 1.82) is 0 Å². The number of likely N-dealkylation sites (tertiary alicyclic amines) is 1. The molecule has 14 heavy (non-hydrogen) atoms. The van der Waals surface area contributed by atoms with Gasteiger partial charge in [0.2, 0.25) is 0 Å². The highest BCUT2D eigenvalue weighted by Crippen LogP contribution is 2.18. The lowest BCUT2D eigenvalue weighted by Gasteiger charge is -2.42. The first-order valence-corrected chi connectivity index (χ1v) is 4.61. The molecule has 4 atom stereocenters. The van der Waals surface area contributed by atoms with Crippen LogP contribution in [0.15, 0.2) is 0 Å². The van der Waals surface area contributed by atoms with Crippen LogP contribution >= 0.6 is 0 Å². The van der Waals surface area contributed by atoms with E-state index in [2.05, 4.69) is 0 Å². The normalized spacial score (nSPS) is 40.1. The molecule has 0 aliphatic carbocycles. The number of rotatable bonds is 3. The van der Waals surface area contributed by atoms with Crippen LogP contribution in [0.5, 0.6) is 0 Å². The Bertz CT molecular complexity index is 179. The number of nitrogens with zero attached hydrogens (tertiary/aromatic N) is 1. The standard InChI is InChI=1S/C8H17NO5/c10-2-1-9-3-6(12)8(14)7(13)5(9)4-11/h5-8,10-14H,1-4H2/t5?,6-,7?,8?/m1/s1. The van der Waals surface area contributed by atoms with Gasteiger partial charge in [-0.3, -0.25) is 4.90 Å². The maximum Gasteiger partial charge on any atom is 0.109 e. The largest absolute Gasteiger partial charge is 0.395 e. The van der Waals surface area contributed by atoms with Gasteiger partial charge in [-0.15, -0.1) is 0 Å². The average Bonchev–Trinajstić information content (AvgIpc) is 2.16. The fourth-order valence-corrected chi connectivity index (χ4v) is 1.76. The van der Waals surface area contributed by atoms with Gasteiger partial charge in [0.15, 0.2) is 0 Å². The Labute approximate surface area is 82.0 Å². The molecule has 1 saturated heterocycles. The summed E-state index contributed by atoms with van der Waals surface area (Å²) >= 11 is 0. The van der Waals surface area contributed by atoms with Gasteiger partial charge in [0.25, 0.3) is 0 Å². The average molecular weight is 207 g/mol. The van der Waals surface area contributed by atoms with Gasteiger partial charge in [0.1, 0.15) is 12.2 Å². The van der Waals surface area contributed by atoms with Crippen molar-refractivity contribution in [3.05, 3.63) is 0 Å². The van der Waals surface area contributed by atoms with E-state index in [9.17, 15) is 15.3 Å². The monoisotopic (exact) mass is 207 g/mol. The van der Waals surface area contributed by atoms with E-state index in [4.69, 9.17) is 10.2 Å². The van der Waals surface area contributed by atoms with Crippen LogP contribution in [0.2, 0.25) is 0 Å². The lowest BCUT2D eigenvalue weighted by molar-refractivity contribution is -0.146. The molecule has 1 aliphatic rings. The summed E-state index contributed by atoms with van der Waals surface area (Å²) in [6, 6.07) is -0.624. The van der Waals surface area contributed by atoms with E-state index >= 15 is 0 Å². The highest BCUT2D eigenvalue weighted by Gasteiger charge is 2.40. The van der Waals surface area contributed by atoms with Crippen LogP contribution in [0.4, 0.5) is 0 Å². The summed E-state index contributed by atoms with van der Waals surface area (Å²) in [4.78, 5) is 1.56. The summed E-state index contributed by atoms with van der Waals surface area (Å²) < 4.78 is 0. The van der Waals surface area contributed by atoms with Crippen LogP contribution in [0.3, 0.4) is 0 Å². The van der Waals surface area contributed by atoms with Crippen molar-refractivity contribution in [1.82, 2.24) is 4.90 Å². The van der Waals surface area contributed by atoms with Crippen molar-refractivity contribution in [3.63, 3.8) is 0 Å². The van der Waals surface area contributed by atoms with Gasteiger partial charge < -0.3 is 25.5 Å². The molecule has 5 N–H and O–H groups in total. The zero-order chi connectivity index (χ0) is 10.7. The molecule has 0 bridgehead atoms. The predicted molar refractivity (Wildman–Crippen MR) is 47.6 cm³/mol. The molecule has 0 aromatic carbocycles. The van der Waals surface area contributed by atoms with Crippen molar-refractivity contribution >= 4 is 0 Å². The van der Waals surface area contributed by atoms with Gasteiger partial charge in [-0.1, -0.05) is 0 Å². The number of hydrogen-bond donors (Lipinski definition) is 5. The maximum atomic E-state index is 9.51. The molecule has 0 amide bonds. The van der Waals surface area contributed by atoms with Gasteiger partial charge in [-0.05, 0) is 0 Å². The van der Waals surface area contributed by atoms with Crippen molar-refractivity contribution in [2.45, 2.75) is 24.4 Å². The first-order chi connectivity index (χ1) is 6.61. The van der Waals surface area contributed by atoms with Crippen LogP contribution < -0.4 is 0 Å². The third-order valence-corrected chi connectivity index (χ3v) is 2.60. The summed E-state index contributed by atoms with van der Waals surface area (Å²) in [6.07, 6.45) is -3.46. The van der Waals surface area contributed by atoms with Gasteiger partial charge in [0.05, 0.1) is 25.4 Å². The van der Waals surface area contributed by atoms with Gasteiger partial charge in [0, 0.05) is 13.1 Å². The van der Waals surface area contributed by atoms with Crippen LogP contribution in [-0.4, -0.2) is 81.1 Å². The minimum absolute atomic E-state index is 0.119. The molecule has 0 saturated carbocycles. The van der Waals surface area contributed by atoms with E-state index in [1.54, 1.807) is 4.90 Å². The molecule has 0 aromatic heterocycles. The number of piperidine rings is 1. The zero-order valence-corrected chi connectivity index (χ0v) is 7.82. The molecular weight excluding hydrogens is 190 g/mol. The fraction of sp³-hybridized carbons (Fsp3) is 1.00. The summed E-state index contributed by atoms with van der Waals surface area (Å²) in [5, 5.41) is 45.9. The molecule has 0 spiro atoms. The van der Waals surface area contributed by atoms with E-state index in [0.29, 0.717) is 0 Å². The van der Waals surface area contributed by atoms with Crippen LogP contribution in [0, 0.1) is 0 Å². The van der Waals surface area contributed by atoms with Crippen molar-refractivity contribution in [2.24, 2.45) is 0 Å². The molecule has 6 nitrogen and oxygen atoms in total. The Balaban J connectivity index is 2.66. The first kappa shape index (κ1) is 11.8. The minimum atomic E-state index is -1.23. The number of hydrogen-bond acceptors (Lipinski definition) is 6. The smallest absolute Gasteiger partial charge is 0.109 e. The number of aliphatic hydroxyl groups excluding tert-OH is 5. The van der Waals surface area contributed by atoms with Crippen LogP contribution in [0.1, 0.15) is 0 Å². The van der Waals surface area contributed by atoms with Crippen LogP contribution in [-0.2, 0) is 0 Å². The van der Waals surface area contributed by atoms with E-state index in [0.717, 1.165) is 0 Å². The maximum absolute atomic E-state index is 9.51. The Morgan fingerprint density at radius 1 is 1.07 bits per heavy atom. The minimum Gasteiger partial charge on any atom is -0.395 e. The molecule has 1 rings (SSSR count). The predicted octanol–water partition coefficient (Wildman–Crippen LogP) is -3.26. The summed E-state index contributed by atoms with van der Waals surface area (Å²) in [5.74, 6) is 0. The van der Waals surface area contributed by atoms with Crippen molar-refractivity contribution in [2.75, 3.05) is 26.3 Å². The molecule has 1 fully saturated rings. The Morgan fingerprint density at radius 3 is 2.21 bits per heavy atom. The number of aliphatic hydroxyl groups is 5. The SMILES string of the molecule is OCCN1C[C@@H](O)C(O)C(O)C1CO. The topological polar surface area (TPSA) is 104 Å². The summed E-state index contributed by atoms with van der Waals surface area (Å²) in [5.41, 5.74) is 0. The second-order valence-electron chi connectivity index (χ2n) is 3.52. The highest BCUT2D eigenvalue weighted by molar-refractivity contribution is 4.93. The summed E-state index contributed by atoms with van der Waals surface area (Å²) in [7, 11) is 0. The third-order valence-electron chi connectivity index (χ3n) is 2.60. The molecule has 1 aliphatic heterocycles.